The van der Waals surface area contributed by atoms with E-state index in [2.05, 4.69) is 71.3 Å². The first-order valence-electron chi connectivity index (χ1n) is 8.62. The molecular weight excluding hydrogens is 366 g/mol. The van der Waals surface area contributed by atoms with Crippen molar-refractivity contribution >= 4 is 33.3 Å². The number of nitrogens with zero attached hydrogens (tertiary/aromatic N) is 4. The Morgan fingerprint density at radius 3 is 2.58 bits per heavy atom. The maximum absolute atomic E-state index is 4.43. The largest absolute Gasteiger partial charge is 0.369 e. The van der Waals surface area contributed by atoms with E-state index in [-0.39, 0.29) is 0 Å². The second-order valence-electron chi connectivity index (χ2n) is 6.51. The van der Waals surface area contributed by atoms with Crippen LogP contribution in [0.15, 0.2) is 41.1 Å². The van der Waals surface area contributed by atoms with Crippen molar-refractivity contribution in [3.8, 4) is 0 Å². The predicted octanol–water partition coefficient (Wildman–Crippen LogP) is 3.53. The van der Waals surface area contributed by atoms with Gasteiger partial charge in [-0.05, 0) is 43.5 Å². The Kier molecular flexibility index (Phi) is 4.56. The molecule has 2 aliphatic rings. The second-order valence-corrected chi connectivity index (χ2v) is 7.42. The van der Waals surface area contributed by atoms with Crippen molar-refractivity contribution in [2.24, 2.45) is 0 Å². The quantitative estimate of drug-likeness (QED) is 0.868. The molecule has 1 unspecified atom stereocenters. The van der Waals surface area contributed by atoms with Crippen molar-refractivity contribution in [1.29, 1.82) is 0 Å². The molecule has 0 radical (unpaired) electrons. The van der Waals surface area contributed by atoms with Crippen LogP contribution in [0.3, 0.4) is 0 Å². The van der Waals surface area contributed by atoms with Gasteiger partial charge in [-0.1, -0.05) is 15.9 Å². The van der Waals surface area contributed by atoms with Crippen LogP contribution in [-0.4, -0.2) is 42.2 Å². The van der Waals surface area contributed by atoms with E-state index in [1.165, 1.54) is 18.5 Å². The third-order valence-electron chi connectivity index (χ3n) is 4.81. The lowest BCUT2D eigenvalue weighted by atomic mass is 10.2. The SMILES string of the molecule is Brc1ccc(N2CCC(Nc3cc(N4CCCC4)ncn3)C2)cc1. The van der Waals surface area contributed by atoms with Gasteiger partial charge in [-0.3, -0.25) is 0 Å². The Bertz CT molecular complexity index is 684. The molecule has 0 spiro atoms. The lowest BCUT2D eigenvalue weighted by molar-refractivity contribution is 0.798. The molecule has 1 atom stereocenters. The summed E-state index contributed by atoms with van der Waals surface area (Å²) in [4.78, 5) is 13.6. The molecule has 3 heterocycles. The average molecular weight is 388 g/mol. The smallest absolute Gasteiger partial charge is 0.134 e. The molecule has 1 aromatic heterocycles. The average Bonchev–Trinajstić information content (AvgIpc) is 3.28. The van der Waals surface area contributed by atoms with Crippen LogP contribution >= 0.6 is 15.9 Å². The zero-order valence-corrected chi connectivity index (χ0v) is 15.2. The predicted molar refractivity (Wildman–Crippen MR) is 102 cm³/mol. The summed E-state index contributed by atoms with van der Waals surface area (Å²) in [6.45, 7) is 4.29. The Morgan fingerprint density at radius 1 is 1.00 bits per heavy atom. The second kappa shape index (κ2) is 6.97. The standard InChI is InChI=1S/C18H22BrN5/c19-14-3-5-16(6-4-14)24-10-7-15(12-24)22-17-11-18(21-13-20-17)23-8-1-2-9-23/h3-6,11,13,15H,1-2,7-10,12H2,(H,20,21,22). The van der Waals surface area contributed by atoms with Gasteiger partial charge in [0.25, 0.3) is 0 Å². The van der Waals surface area contributed by atoms with Crippen molar-refractivity contribution in [2.75, 3.05) is 41.3 Å². The molecule has 4 rings (SSSR count). The number of benzene rings is 1. The highest BCUT2D eigenvalue weighted by Gasteiger charge is 2.23. The fraction of sp³-hybridized carbons (Fsp3) is 0.444. The minimum Gasteiger partial charge on any atom is -0.369 e. The van der Waals surface area contributed by atoms with Gasteiger partial charge in [0.15, 0.2) is 0 Å². The zero-order chi connectivity index (χ0) is 16.4. The van der Waals surface area contributed by atoms with E-state index in [1.54, 1.807) is 6.33 Å². The first-order chi connectivity index (χ1) is 11.8. The molecular formula is C18H22BrN5. The minimum absolute atomic E-state index is 0.426. The zero-order valence-electron chi connectivity index (χ0n) is 13.7. The molecule has 126 valence electrons. The molecule has 2 aromatic rings. The van der Waals surface area contributed by atoms with Gasteiger partial charge in [0, 0.05) is 48.4 Å². The maximum Gasteiger partial charge on any atom is 0.134 e. The summed E-state index contributed by atoms with van der Waals surface area (Å²) in [5.74, 6) is 1.99. The van der Waals surface area contributed by atoms with Crippen molar-refractivity contribution in [3.63, 3.8) is 0 Å². The number of rotatable bonds is 4. The molecule has 6 heteroatoms. The van der Waals surface area contributed by atoms with E-state index in [9.17, 15) is 0 Å². The number of nitrogens with one attached hydrogen (secondary N) is 1. The van der Waals surface area contributed by atoms with Crippen molar-refractivity contribution in [2.45, 2.75) is 25.3 Å². The number of anilines is 3. The van der Waals surface area contributed by atoms with Crippen molar-refractivity contribution in [1.82, 2.24) is 9.97 Å². The van der Waals surface area contributed by atoms with Crippen LogP contribution in [0.4, 0.5) is 17.3 Å². The topological polar surface area (TPSA) is 44.3 Å². The molecule has 2 saturated heterocycles. The summed E-state index contributed by atoms with van der Waals surface area (Å²) in [7, 11) is 0. The van der Waals surface area contributed by atoms with E-state index in [1.807, 2.05) is 0 Å². The van der Waals surface area contributed by atoms with E-state index < -0.39 is 0 Å². The summed E-state index contributed by atoms with van der Waals surface area (Å²) < 4.78 is 1.12. The van der Waals surface area contributed by atoms with Crippen LogP contribution in [0.1, 0.15) is 19.3 Å². The number of halogens is 1. The summed E-state index contributed by atoms with van der Waals surface area (Å²) in [5.41, 5.74) is 1.28. The molecule has 0 amide bonds. The molecule has 5 nitrogen and oxygen atoms in total. The molecule has 0 bridgehead atoms. The van der Waals surface area contributed by atoms with Crippen LogP contribution in [0.5, 0.6) is 0 Å². The fourth-order valence-electron chi connectivity index (χ4n) is 3.52. The summed E-state index contributed by atoms with van der Waals surface area (Å²) in [6, 6.07) is 11.1. The molecule has 0 saturated carbocycles. The first kappa shape index (κ1) is 15.7. The number of hydrogen-bond donors (Lipinski definition) is 1. The van der Waals surface area contributed by atoms with Crippen LogP contribution in [0, 0.1) is 0 Å². The Morgan fingerprint density at radius 2 is 1.79 bits per heavy atom. The monoisotopic (exact) mass is 387 g/mol. The van der Waals surface area contributed by atoms with Gasteiger partial charge in [0.05, 0.1) is 0 Å². The molecule has 1 aromatic carbocycles. The highest BCUT2D eigenvalue weighted by Crippen LogP contribution is 2.25. The summed E-state index contributed by atoms with van der Waals surface area (Å²) in [6.07, 6.45) is 5.33. The normalized spacial score (nSPS) is 20.6. The lowest BCUT2D eigenvalue weighted by Gasteiger charge is -2.20. The number of aromatic nitrogens is 2. The highest BCUT2D eigenvalue weighted by atomic mass is 79.9. The third kappa shape index (κ3) is 3.48. The Labute approximate surface area is 151 Å². The lowest BCUT2D eigenvalue weighted by Crippen LogP contribution is -2.26. The summed E-state index contributed by atoms with van der Waals surface area (Å²) >= 11 is 3.50. The molecule has 2 fully saturated rings. The van der Waals surface area contributed by atoms with E-state index >= 15 is 0 Å². The first-order valence-corrected chi connectivity index (χ1v) is 9.41. The van der Waals surface area contributed by atoms with Gasteiger partial charge in [-0.2, -0.15) is 0 Å². The number of hydrogen-bond acceptors (Lipinski definition) is 5. The van der Waals surface area contributed by atoms with Crippen LogP contribution in [0.2, 0.25) is 0 Å². The van der Waals surface area contributed by atoms with Crippen LogP contribution in [-0.2, 0) is 0 Å². The molecule has 1 N–H and O–H groups in total. The van der Waals surface area contributed by atoms with Crippen molar-refractivity contribution < 1.29 is 0 Å². The fourth-order valence-corrected chi connectivity index (χ4v) is 3.78. The van der Waals surface area contributed by atoms with Gasteiger partial charge in [-0.25, -0.2) is 9.97 Å². The van der Waals surface area contributed by atoms with Gasteiger partial charge in [-0.15, -0.1) is 0 Å². The van der Waals surface area contributed by atoms with Gasteiger partial charge < -0.3 is 15.1 Å². The Balaban J connectivity index is 1.39. The van der Waals surface area contributed by atoms with E-state index in [0.29, 0.717) is 6.04 Å². The van der Waals surface area contributed by atoms with Crippen molar-refractivity contribution in [3.05, 3.63) is 41.1 Å². The van der Waals surface area contributed by atoms with Gasteiger partial charge in [0.1, 0.15) is 18.0 Å². The van der Waals surface area contributed by atoms with Gasteiger partial charge >= 0.3 is 0 Å². The molecule has 0 aliphatic carbocycles. The van der Waals surface area contributed by atoms with Crippen LogP contribution < -0.4 is 15.1 Å². The third-order valence-corrected chi connectivity index (χ3v) is 5.34. The Hall–Kier alpha value is -1.82. The van der Waals surface area contributed by atoms with E-state index in [4.69, 9.17) is 0 Å². The molecule has 24 heavy (non-hydrogen) atoms. The molecule has 2 aliphatic heterocycles. The van der Waals surface area contributed by atoms with Gasteiger partial charge in [0.2, 0.25) is 0 Å². The highest BCUT2D eigenvalue weighted by molar-refractivity contribution is 9.10. The van der Waals surface area contributed by atoms with Crippen LogP contribution in [0.25, 0.3) is 0 Å². The summed E-state index contributed by atoms with van der Waals surface area (Å²) in [5, 5.41) is 3.59. The minimum atomic E-state index is 0.426. The maximum atomic E-state index is 4.43. The van der Waals surface area contributed by atoms with E-state index in [0.717, 1.165) is 48.7 Å².